The Morgan fingerprint density at radius 3 is 2.89 bits per heavy atom. The van der Waals surface area contributed by atoms with E-state index in [2.05, 4.69) is 20.4 Å². The highest BCUT2D eigenvalue weighted by Crippen LogP contribution is 2.03. The fraction of sp³-hybridized carbons (Fsp3) is 0.100. The minimum atomic E-state index is -0.278. The van der Waals surface area contributed by atoms with Crippen molar-refractivity contribution in [1.29, 1.82) is 0 Å². The summed E-state index contributed by atoms with van der Waals surface area (Å²) in [7, 11) is 1.53. The summed E-state index contributed by atoms with van der Waals surface area (Å²) in [6, 6.07) is 3.17. The van der Waals surface area contributed by atoms with E-state index in [4.69, 9.17) is 18.0 Å². The summed E-state index contributed by atoms with van der Waals surface area (Å²) in [5.74, 6) is 0.0229. The van der Waals surface area contributed by atoms with E-state index in [1.165, 1.54) is 17.9 Å². The summed E-state index contributed by atoms with van der Waals surface area (Å²) >= 11 is 4.83. The number of hydrogen-bond acceptors (Lipinski definition) is 5. The van der Waals surface area contributed by atoms with Gasteiger partial charge in [-0.1, -0.05) is 12.2 Å². The summed E-state index contributed by atoms with van der Waals surface area (Å²) in [5.41, 5.74) is 6.21. The highest BCUT2D eigenvalue weighted by atomic mass is 32.1. The number of nitrogens with zero attached hydrogens (tertiary/aromatic N) is 4. The number of carbonyl (C=O) groups excluding carboxylic acids is 1. The predicted molar refractivity (Wildman–Crippen MR) is 68.4 cm³/mol. The molecule has 0 unspecified atom stereocenters. The maximum Gasteiger partial charge on any atom is 0.271 e. The molecule has 0 bridgehead atoms. The van der Waals surface area contributed by atoms with Gasteiger partial charge >= 0.3 is 0 Å². The van der Waals surface area contributed by atoms with Crippen molar-refractivity contribution in [3.63, 3.8) is 0 Å². The molecule has 0 saturated heterocycles. The molecule has 0 atom stereocenters. The third-order valence-electron chi connectivity index (χ3n) is 2.15. The number of hydrogen-bond donors (Lipinski definition) is 2. The first kappa shape index (κ1) is 12.1. The zero-order valence-corrected chi connectivity index (χ0v) is 10.3. The van der Waals surface area contributed by atoms with Crippen LogP contribution in [0.25, 0.3) is 5.95 Å². The van der Waals surface area contributed by atoms with Gasteiger partial charge < -0.3 is 11.1 Å². The van der Waals surface area contributed by atoms with Gasteiger partial charge in [-0.25, -0.2) is 14.6 Å². The molecular formula is C10H10N6OS. The van der Waals surface area contributed by atoms with Gasteiger partial charge in [0.25, 0.3) is 11.9 Å². The van der Waals surface area contributed by atoms with E-state index in [0.29, 0.717) is 11.6 Å². The fourth-order valence-electron chi connectivity index (χ4n) is 1.28. The van der Waals surface area contributed by atoms with E-state index in [1.54, 1.807) is 18.3 Å². The van der Waals surface area contributed by atoms with Crippen molar-refractivity contribution in [2.75, 3.05) is 7.05 Å². The Bertz CT molecular complexity index is 608. The molecule has 0 aliphatic rings. The number of carbonyl (C=O) groups is 1. The van der Waals surface area contributed by atoms with Gasteiger partial charge in [0, 0.05) is 19.4 Å². The normalized spacial score (nSPS) is 10.1. The van der Waals surface area contributed by atoms with E-state index in [9.17, 15) is 4.79 Å². The lowest BCUT2D eigenvalue weighted by molar-refractivity contribution is 0.0957. The molecule has 1 amide bonds. The lowest BCUT2D eigenvalue weighted by atomic mass is 10.4. The summed E-state index contributed by atoms with van der Waals surface area (Å²) in [6.07, 6.45) is 3.11. The molecule has 3 N–H and O–H groups in total. The molecule has 0 aromatic carbocycles. The monoisotopic (exact) mass is 262 g/mol. The smallest absolute Gasteiger partial charge is 0.271 e. The van der Waals surface area contributed by atoms with Crippen LogP contribution < -0.4 is 11.1 Å². The Balaban J connectivity index is 2.37. The number of nitrogens with two attached hydrogens (primary N) is 1. The molecule has 8 heteroatoms. The lowest BCUT2D eigenvalue weighted by Crippen LogP contribution is -2.19. The Kier molecular flexibility index (Phi) is 3.28. The molecule has 0 radical (unpaired) electrons. The molecule has 2 aromatic rings. The van der Waals surface area contributed by atoms with Crippen molar-refractivity contribution in [3.05, 3.63) is 35.9 Å². The van der Waals surface area contributed by atoms with Crippen molar-refractivity contribution >= 4 is 23.1 Å². The number of rotatable bonds is 3. The lowest BCUT2D eigenvalue weighted by Gasteiger charge is -2.01. The Morgan fingerprint density at radius 2 is 2.22 bits per heavy atom. The molecule has 2 aromatic heterocycles. The van der Waals surface area contributed by atoms with Crippen LogP contribution in [0.2, 0.25) is 0 Å². The van der Waals surface area contributed by atoms with E-state index in [1.807, 2.05) is 0 Å². The Hall–Kier alpha value is -2.35. The van der Waals surface area contributed by atoms with Crippen LogP contribution >= 0.6 is 12.2 Å². The van der Waals surface area contributed by atoms with E-state index >= 15 is 0 Å². The molecule has 0 saturated carbocycles. The van der Waals surface area contributed by atoms with Crippen LogP contribution in [0, 0.1) is 0 Å². The molecule has 0 aliphatic carbocycles. The average molecular weight is 262 g/mol. The second kappa shape index (κ2) is 4.88. The van der Waals surface area contributed by atoms with Crippen molar-refractivity contribution < 1.29 is 4.79 Å². The first-order valence-corrected chi connectivity index (χ1v) is 5.43. The Morgan fingerprint density at radius 1 is 1.44 bits per heavy atom. The first-order chi connectivity index (χ1) is 8.61. The second-order valence-corrected chi connectivity index (χ2v) is 3.77. The van der Waals surface area contributed by atoms with Crippen LogP contribution in [-0.4, -0.2) is 37.7 Å². The number of amides is 1. The number of nitrogens with one attached hydrogen (secondary N) is 1. The molecule has 18 heavy (non-hydrogen) atoms. The maximum atomic E-state index is 11.4. The third-order valence-corrected chi connectivity index (χ3v) is 2.36. The third kappa shape index (κ3) is 2.33. The van der Waals surface area contributed by atoms with Gasteiger partial charge in [-0.15, -0.1) is 0 Å². The van der Waals surface area contributed by atoms with E-state index in [-0.39, 0.29) is 16.6 Å². The van der Waals surface area contributed by atoms with Crippen molar-refractivity contribution in [3.8, 4) is 5.95 Å². The van der Waals surface area contributed by atoms with Gasteiger partial charge in [0.2, 0.25) is 0 Å². The van der Waals surface area contributed by atoms with Gasteiger partial charge in [0.1, 0.15) is 10.7 Å². The summed E-state index contributed by atoms with van der Waals surface area (Å²) in [4.78, 5) is 19.7. The second-order valence-electron chi connectivity index (χ2n) is 3.33. The van der Waals surface area contributed by atoms with Crippen LogP contribution in [-0.2, 0) is 0 Å². The Labute approximate surface area is 108 Å². The van der Waals surface area contributed by atoms with Gasteiger partial charge in [-0.05, 0) is 12.1 Å². The van der Waals surface area contributed by atoms with Crippen molar-refractivity contribution in [2.24, 2.45) is 5.73 Å². The average Bonchev–Trinajstić information content (AvgIpc) is 2.87. The summed E-state index contributed by atoms with van der Waals surface area (Å²) < 4.78 is 1.38. The van der Waals surface area contributed by atoms with Crippen LogP contribution in [0.3, 0.4) is 0 Å². The summed E-state index contributed by atoms with van der Waals surface area (Å²) in [6.45, 7) is 0. The highest BCUT2D eigenvalue weighted by molar-refractivity contribution is 7.80. The standard InChI is InChI=1S/C10H10N6OS/c1-12-9(17)7-3-5-16(15-7)10-13-4-2-6(14-10)8(11)18/h2-5H,1H3,(H2,11,18)(H,12,17). The number of thiocarbonyl (C=S) groups is 1. The topological polar surface area (TPSA) is 98.7 Å². The van der Waals surface area contributed by atoms with Crippen LogP contribution in [0.4, 0.5) is 0 Å². The molecule has 92 valence electrons. The molecule has 0 aliphatic heterocycles. The van der Waals surface area contributed by atoms with Gasteiger partial charge in [0.15, 0.2) is 5.69 Å². The van der Waals surface area contributed by atoms with Crippen molar-refractivity contribution in [1.82, 2.24) is 25.1 Å². The predicted octanol–water partition coefficient (Wildman–Crippen LogP) is -0.344. The van der Waals surface area contributed by atoms with E-state index < -0.39 is 0 Å². The largest absolute Gasteiger partial charge is 0.388 e. The number of aromatic nitrogens is 4. The quantitative estimate of drug-likeness (QED) is 0.734. The molecule has 2 heterocycles. The molecule has 0 fully saturated rings. The molecular weight excluding hydrogens is 252 g/mol. The van der Waals surface area contributed by atoms with E-state index in [0.717, 1.165) is 0 Å². The fourth-order valence-corrected chi connectivity index (χ4v) is 1.39. The van der Waals surface area contributed by atoms with Crippen LogP contribution in [0.1, 0.15) is 16.2 Å². The molecule has 2 rings (SSSR count). The first-order valence-electron chi connectivity index (χ1n) is 5.03. The van der Waals surface area contributed by atoms with Gasteiger partial charge in [-0.3, -0.25) is 4.79 Å². The van der Waals surface area contributed by atoms with Crippen LogP contribution in [0.15, 0.2) is 24.5 Å². The minimum absolute atomic E-state index is 0.178. The molecule has 0 spiro atoms. The molecule has 7 nitrogen and oxygen atoms in total. The maximum absolute atomic E-state index is 11.4. The minimum Gasteiger partial charge on any atom is -0.388 e. The zero-order valence-electron chi connectivity index (χ0n) is 9.49. The van der Waals surface area contributed by atoms with Gasteiger partial charge in [0.05, 0.1) is 0 Å². The SMILES string of the molecule is CNC(=O)c1ccn(-c2nccc(C(N)=S)n2)n1. The summed E-state index contributed by atoms with van der Waals surface area (Å²) in [5, 5.41) is 6.53. The van der Waals surface area contributed by atoms with Crippen LogP contribution in [0.5, 0.6) is 0 Å². The van der Waals surface area contributed by atoms with Crippen molar-refractivity contribution in [2.45, 2.75) is 0 Å². The highest BCUT2D eigenvalue weighted by Gasteiger charge is 2.10. The zero-order chi connectivity index (χ0) is 13.1. The van der Waals surface area contributed by atoms with Gasteiger partial charge in [-0.2, -0.15) is 5.10 Å².